The van der Waals surface area contributed by atoms with Crippen molar-refractivity contribution >= 4 is 102 Å². The van der Waals surface area contributed by atoms with Gasteiger partial charge in [0.25, 0.3) is 11.1 Å². The van der Waals surface area contributed by atoms with Gasteiger partial charge in [0.1, 0.15) is 152 Å². The van der Waals surface area contributed by atoms with Crippen LogP contribution in [0.25, 0.3) is 33.5 Å². The summed E-state index contributed by atoms with van der Waals surface area (Å²) < 4.78 is 180. The average Bonchev–Trinajstić information content (AvgIpc) is 1.73. The lowest BCUT2D eigenvalue weighted by Gasteiger charge is -2.41. The number of aryl methyl sites for hydroxylation is 1. The standard InChI is InChI=1S/C60H76N21O37P5/c1-22-8-76(58(88)73-52(22)84)35-6-26(115-119(91,92)103-11-29-24(83)4-34(109-29)78-19-70-39-46(61)64-16-67-49(39)78)30(110-35)12-104-120(93,94)116-27-7-37(80-21-72-41-48(63)66-18-69-51(41)80)111-31(27)13-105-122(97,98)118-43-33-15-107-123(99,100)117-42-32(14-106-121(95,96)114-25-5-36(108-28(25)10-82)79-20-71-40-47(62)65-17-68-50(40)79)112-56(44(42)101-2)77-9-23(53(85)74-59(77)89)38-54(86)75-60(90)81(55(38)87)57(113-33)45(43)102-3/h8-9,16-21,24-38,42-45,55-57,82-83,87H,4-7,10-15H2,1-3H3,(H,91,92)(H,93,94)(H,95,96)(H,97,98)(H,99,100)(H2,61,64,67)(H2,62,65,68)(H2,63,66,69)(H,73,84,88)(H,74,85,89)(H,75,86,90)/t24-,25-,26-,27-,28+,29+,30+,31+,32+,33+,34+,35+,36+,37+,38?,42+,43+,44+,45+,55?,56+,57+/m0/s1. The molecule has 7 saturated heterocycles. The number of H-pyrrole nitrogens is 2. The average molecular weight is 1840 g/mol. The molecule has 7 unspecified atom stereocenters. The van der Waals surface area contributed by atoms with Crippen LogP contribution in [0.4, 0.5) is 22.2 Å². The summed E-state index contributed by atoms with van der Waals surface area (Å²) in [5.41, 5.74) is 13.5. The van der Waals surface area contributed by atoms with Crippen LogP contribution in [0.5, 0.6) is 0 Å². The van der Waals surface area contributed by atoms with E-state index in [1.165, 1.54) is 45.9 Å². The first-order valence-corrected chi connectivity index (χ1v) is 44.2. The van der Waals surface area contributed by atoms with Gasteiger partial charge in [0.15, 0.2) is 46.9 Å². The van der Waals surface area contributed by atoms with Crippen LogP contribution >= 0.6 is 39.1 Å². The molecule has 8 aliphatic heterocycles. The minimum atomic E-state index is -5.90. The van der Waals surface area contributed by atoms with Gasteiger partial charge in [0.2, 0.25) is 5.91 Å². The number of rotatable bonds is 27. The molecule has 16 heterocycles. The highest BCUT2D eigenvalue weighted by atomic mass is 31.2. The number of aliphatic hydroxyl groups excluding tert-OH is 3. The third-order valence-corrected chi connectivity index (χ3v) is 26.1. The topological polar surface area (TPSA) is 781 Å². The molecule has 668 valence electrons. The highest BCUT2D eigenvalue weighted by Gasteiger charge is 2.60. The van der Waals surface area contributed by atoms with Gasteiger partial charge in [-0.1, -0.05) is 0 Å². The number of urea groups is 1. The number of carbonyl (C=O) groups excluding carboxylic acids is 2. The van der Waals surface area contributed by atoms with Crippen molar-refractivity contribution in [2.45, 2.75) is 168 Å². The van der Waals surface area contributed by atoms with E-state index in [0.29, 0.717) is 15.7 Å². The molecule has 63 heteroatoms. The number of nitrogen functional groups attached to an aromatic ring is 3. The fraction of sp³-hybridized carbons (Fsp3) is 0.583. The summed E-state index contributed by atoms with van der Waals surface area (Å²) in [6, 6.07) is -1.50. The minimum absolute atomic E-state index is 0.00345. The quantitative estimate of drug-likeness (QED) is 0.0220. The van der Waals surface area contributed by atoms with E-state index in [0.717, 1.165) is 37.6 Å². The number of aromatic amines is 2. The summed E-state index contributed by atoms with van der Waals surface area (Å²) in [5.74, 6) is -3.67. The fourth-order valence-corrected chi connectivity index (χ4v) is 20.1. The van der Waals surface area contributed by atoms with Gasteiger partial charge in [0, 0.05) is 57.9 Å². The minimum Gasteiger partial charge on any atom is -0.394 e. The zero-order valence-electron chi connectivity index (χ0n) is 63.5. The number of carbonyl (C=O) groups is 2. The predicted octanol–water partition coefficient (Wildman–Crippen LogP) is -3.70. The molecule has 0 aliphatic carbocycles. The molecule has 0 radical (unpaired) electrons. The van der Waals surface area contributed by atoms with Gasteiger partial charge in [-0.25, -0.2) is 82.1 Å². The molecular weight excluding hydrogens is 1760 g/mol. The van der Waals surface area contributed by atoms with Crippen molar-refractivity contribution in [3.63, 3.8) is 0 Å². The van der Waals surface area contributed by atoms with Crippen molar-refractivity contribution in [2.24, 2.45) is 0 Å². The molecule has 3 amide bonds. The predicted molar refractivity (Wildman–Crippen MR) is 395 cm³/mol. The second-order valence-electron chi connectivity index (χ2n) is 28.7. The third-order valence-electron chi connectivity index (χ3n) is 21.1. The number of anilines is 3. The van der Waals surface area contributed by atoms with Gasteiger partial charge in [0.05, 0.1) is 70.3 Å². The van der Waals surface area contributed by atoms with E-state index in [1.54, 1.807) is 0 Å². The van der Waals surface area contributed by atoms with Crippen molar-refractivity contribution < 1.29 is 155 Å². The van der Waals surface area contributed by atoms with E-state index >= 15 is 0 Å². The van der Waals surface area contributed by atoms with E-state index in [-0.39, 0.29) is 69.4 Å². The van der Waals surface area contributed by atoms with Crippen LogP contribution in [-0.4, -0.2) is 286 Å². The number of nitrogens with zero attached hydrogens (tertiary/aromatic N) is 15. The second-order valence-corrected chi connectivity index (χ2v) is 35.7. The normalized spacial score (nSPS) is 33.7. The first kappa shape index (κ1) is 87.9. The molecule has 27 atom stereocenters. The highest BCUT2D eigenvalue weighted by Crippen LogP contribution is 2.57. The molecular formula is C60H76N21O37P5. The Bertz CT molecular complexity index is 5880. The van der Waals surface area contributed by atoms with E-state index in [2.05, 4.69) is 49.8 Å². The number of imide groups is 1. The maximum atomic E-state index is 14.8. The number of imidazole rings is 3. The molecule has 8 aromatic heterocycles. The summed E-state index contributed by atoms with van der Waals surface area (Å²) in [6.45, 7) is -5.06. The first-order valence-electron chi connectivity index (χ1n) is 36.7. The zero-order chi connectivity index (χ0) is 87.4. The highest BCUT2D eigenvalue weighted by molar-refractivity contribution is 7.48. The van der Waals surface area contributed by atoms with Crippen LogP contribution in [0.2, 0.25) is 0 Å². The lowest BCUT2D eigenvalue weighted by molar-refractivity contribution is -0.158. The molecule has 123 heavy (non-hydrogen) atoms. The first-order chi connectivity index (χ1) is 58.4. The number of nitrogens with one attached hydrogen (secondary N) is 3. The Morgan fingerprint density at radius 2 is 0.976 bits per heavy atom. The number of aromatic nitrogens is 16. The number of ether oxygens (including phenoxy) is 8. The number of phosphoric ester groups is 5. The lowest BCUT2D eigenvalue weighted by Crippen LogP contribution is -2.65. The van der Waals surface area contributed by atoms with E-state index in [9.17, 15) is 91.4 Å². The number of aliphatic hydroxyl groups is 3. The number of hydrogen-bond acceptors (Lipinski definition) is 44. The van der Waals surface area contributed by atoms with Crippen LogP contribution in [0.15, 0.2) is 69.5 Å². The molecule has 8 aliphatic rings. The molecule has 0 aromatic carbocycles. The summed E-state index contributed by atoms with van der Waals surface area (Å²) in [6.07, 6.45) is -28.7. The van der Waals surface area contributed by atoms with Crippen molar-refractivity contribution in [1.82, 2.24) is 87.9 Å². The Kier molecular flexibility index (Phi) is 24.5. The molecule has 7 fully saturated rings. The van der Waals surface area contributed by atoms with Crippen molar-refractivity contribution in [2.75, 3.05) is 71.1 Å². The summed E-state index contributed by atoms with van der Waals surface area (Å²) >= 11 is 0. The zero-order valence-corrected chi connectivity index (χ0v) is 68.0. The maximum Gasteiger partial charge on any atom is 0.472 e. The summed E-state index contributed by atoms with van der Waals surface area (Å²) in [5, 5.41) is 35.6. The summed E-state index contributed by atoms with van der Waals surface area (Å²) in [7, 11) is -26.2. The van der Waals surface area contributed by atoms with E-state index in [4.69, 9.17) is 100 Å². The van der Waals surface area contributed by atoms with Gasteiger partial charge in [-0.05, 0) is 6.92 Å². The Balaban J connectivity index is 0.637. The molecule has 16 rings (SSSR count). The SMILES string of the molecule is CO[C@@H]1[C@H](OP(=O)(O)OC[C@H]2O[C@@H](n3cnc4c(N)ncnc43)C[C@@H]2OP(=O)(O)OC[C@H]2O[C@@H](n3cc(C)c(=O)[nH]c3=O)C[C@@H]2OP(=O)(O)OC[C@H]2O[C@@H](n3cnc4c(N)ncnc43)C[C@@H]2O)[C@H]2COP(=O)(O)O[C@H]3[C@@H](OC)[C@@H](O[C@@H]3COP(=O)(O)O[C@H]3C[C@H](n4cnc5c(N)ncnc54)O[C@@H]3CO)n3cc(c(=O)[nH]c3=O)C3C(=O)NC(=O)N(C3O)[C@@H]1O2. The monoisotopic (exact) mass is 1840 g/mol. The molecule has 58 nitrogen and oxygen atoms in total. The molecule has 0 saturated carbocycles. The Labute approximate surface area is 684 Å². The van der Waals surface area contributed by atoms with Crippen molar-refractivity contribution in [3.05, 3.63) is 103 Å². The van der Waals surface area contributed by atoms with Crippen LogP contribution in [0.1, 0.15) is 73.9 Å². The van der Waals surface area contributed by atoms with Crippen LogP contribution in [0.3, 0.4) is 0 Å². The lowest BCUT2D eigenvalue weighted by atomic mass is 9.95. The smallest absolute Gasteiger partial charge is 0.394 e. The van der Waals surface area contributed by atoms with E-state index < -0.39 is 267 Å². The van der Waals surface area contributed by atoms with E-state index in [1.807, 2.05) is 10.3 Å². The number of fused-ring (bicyclic) bond motifs is 14. The molecule has 17 N–H and O–H groups in total. The fourth-order valence-electron chi connectivity index (χ4n) is 15.3. The van der Waals surface area contributed by atoms with Crippen LogP contribution in [-0.2, 0) is 111 Å². The number of hydrogen-bond donors (Lipinski definition) is 14. The second kappa shape index (κ2) is 34.3. The van der Waals surface area contributed by atoms with Gasteiger partial charge < -0.3 is 94.9 Å². The van der Waals surface area contributed by atoms with Crippen LogP contribution < -0.4 is 45.0 Å². The van der Waals surface area contributed by atoms with Gasteiger partial charge >= 0.3 is 56.5 Å². The van der Waals surface area contributed by atoms with Crippen LogP contribution in [0, 0.1) is 6.92 Å². The maximum absolute atomic E-state index is 14.8. The molecule has 0 spiro atoms. The number of amides is 3. The molecule has 8 bridgehead atoms. The van der Waals surface area contributed by atoms with Gasteiger partial charge in [-0.15, -0.1) is 0 Å². The molecule has 8 aromatic rings. The Morgan fingerprint density at radius 1 is 0.528 bits per heavy atom. The summed E-state index contributed by atoms with van der Waals surface area (Å²) in [4.78, 5) is 181. The van der Waals surface area contributed by atoms with Crippen molar-refractivity contribution in [1.29, 1.82) is 0 Å². The van der Waals surface area contributed by atoms with Gasteiger partial charge in [-0.3, -0.25) is 103 Å². The Hall–Kier alpha value is -8.54. The number of phosphoric acid groups is 5. The van der Waals surface area contributed by atoms with Gasteiger partial charge in [-0.2, -0.15) is 0 Å². The largest absolute Gasteiger partial charge is 0.472 e. The number of nitrogens with two attached hydrogens (primary N) is 3. The van der Waals surface area contributed by atoms with Crippen molar-refractivity contribution in [3.8, 4) is 0 Å². The number of methoxy groups -OCH3 is 2. The Morgan fingerprint density at radius 3 is 1.49 bits per heavy atom. The third kappa shape index (κ3) is 17.8.